The van der Waals surface area contributed by atoms with Crippen molar-refractivity contribution in [2.45, 2.75) is 32.3 Å². The molecule has 0 aromatic rings. The Bertz CT molecular complexity index is 91.0. The van der Waals surface area contributed by atoms with Crippen molar-refractivity contribution in [2.75, 3.05) is 6.61 Å². The third kappa shape index (κ3) is 4.28. The van der Waals surface area contributed by atoms with Crippen LogP contribution >= 0.6 is 0 Å². The zero-order valence-corrected chi connectivity index (χ0v) is 6.60. The molecule has 0 spiro atoms. The molecule has 0 aliphatic rings. The van der Waals surface area contributed by atoms with Crippen LogP contribution in [0.25, 0.3) is 0 Å². The molecule has 11 heavy (non-hydrogen) atoms. The number of hydrogen-bond donors (Lipinski definition) is 3. The van der Waals surface area contributed by atoms with Gasteiger partial charge in [-0.15, -0.1) is 0 Å². The summed E-state index contributed by atoms with van der Waals surface area (Å²) in [5, 5.41) is 25.5. The molecule has 0 bridgehead atoms. The Morgan fingerprint density at radius 2 is 1.91 bits per heavy atom. The maximum Gasteiger partial charge on any atom is 0.214 e. The quantitative estimate of drug-likeness (QED) is 0.294. The van der Waals surface area contributed by atoms with Crippen molar-refractivity contribution in [3.63, 3.8) is 0 Å². The summed E-state index contributed by atoms with van der Waals surface area (Å²) in [6, 6.07) is 0. The van der Waals surface area contributed by atoms with Crippen molar-refractivity contribution in [3.8, 4) is 0 Å². The summed E-state index contributed by atoms with van der Waals surface area (Å²) in [7, 11) is 0. The largest absolute Gasteiger partial charge is 0.391 e. The molecule has 0 aromatic carbocycles. The Hall–Kier alpha value is -0.200. The van der Waals surface area contributed by atoms with Gasteiger partial charge in [0.2, 0.25) is 6.29 Å². The first-order valence-corrected chi connectivity index (χ1v) is 3.36. The fraction of sp³-hybridized carbons (Fsp3) is 1.00. The van der Waals surface area contributed by atoms with E-state index in [1.165, 1.54) is 6.92 Å². The Morgan fingerprint density at radius 3 is 2.18 bits per heavy atom. The van der Waals surface area contributed by atoms with E-state index in [-0.39, 0.29) is 0 Å². The van der Waals surface area contributed by atoms with Gasteiger partial charge in [-0.25, -0.2) is 10.1 Å². The highest BCUT2D eigenvalue weighted by Gasteiger charge is 2.16. The van der Waals surface area contributed by atoms with E-state index in [9.17, 15) is 0 Å². The number of aliphatic hydroxyl groups is 2. The number of ether oxygens (including phenoxy) is 1. The van der Waals surface area contributed by atoms with Crippen LogP contribution in [-0.2, 0) is 9.62 Å². The predicted molar refractivity (Wildman–Crippen MR) is 36.8 cm³/mol. The highest BCUT2D eigenvalue weighted by molar-refractivity contribution is 4.57. The van der Waals surface area contributed by atoms with E-state index in [1.54, 1.807) is 6.92 Å². The molecule has 0 rings (SSSR count). The van der Waals surface area contributed by atoms with Gasteiger partial charge in [-0.1, -0.05) is 0 Å². The molecule has 0 saturated heterocycles. The molecule has 3 unspecified atom stereocenters. The van der Waals surface area contributed by atoms with Crippen molar-refractivity contribution >= 4 is 0 Å². The predicted octanol–water partition coefficient (Wildman–Crippen LogP) is -0.420. The Morgan fingerprint density at radius 1 is 1.36 bits per heavy atom. The first-order valence-electron chi connectivity index (χ1n) is 3.36. The molecule has 0 aromatic heterocycles. The van der Waals surface area contributed by atoms with Crippen molar-refractivity contribution in [3.05, 3.63) is 0 Å². The molecular formula is C6H14O5. The Labute approximate surface area is 65.1 Å². The van der Waals surface area contributed by atoms with E-state index in [1.807, 2.05) is 0 Å². The zero-order valence-electron chi connectivity index (χ0n) is 6.60. The summed E-state index contributed by atoms with van der Waals surface area (Å²) < 4.78 is 4.84. The molecular weight excluding hydrogens is 152 g/mol. The fourth-order valence-electron chi connectivity index (χ4n) is 0.454. The zero-order chi connectivity index (χ0) is 8.85. The lowest BCUT2D eigenvalue weighted by molar-refractivity contribution is -0.362. The molecule has 0 fully saturated rings. The summed E-state index contributed by atoms with van der Waals surface area (Å²) in [5.74, 6) is 0. The highest BCUT2D eigenvalue weighted by atomic mass is 17.1. The van der Waals surface area contributed by atoms with Crippen LogP contribution in [-0.4, -0.2) is 40.6 Å². The smallest absolute Gasteiger partial charge is 0.214 e. The van der Waals surface area contributed by atoms with Gasteiger partial charge in [-0.3, -0.25) is 0 Å². The lowest BCUT2D eigenvalue weighted by Gasteiger charge is -2.19. The van der Waals surface area contributed by atoms with Gasteiger partial charge in [0, 0.05) is 0 Å². The molecule has 5 heteroatoms. The summed E-state index contributed by atoms with van der Waals surface area (Å²) >= 11 is 0. The van der Waals surface area contributed by atoms with Crippen LogP contribution in [0.2, 0.25) is 0 Å². The van der Waals surface area contributed by atoms with E-state index in [0.717, 1.165) is 0 Å². The molecule has 0 aliphatic carbocycles. The Balaban J connectivity index is 3.62. The average Bonchev–Trinajstić information content (AvgIpc) is 1.99. The van der Waals surface area contributed by atoms with Gasteiger partial charge in [0.1, 0.15) is 0 Å². The first kappa shape index (κ1) is 10.8. The fourth-order valence-corrected chi connectivity index (χ4v) is 0.454. The summed E-state index contributed by atoms with van der Waals surface area (Å²) in [6.07, 6.45) is -2.24. The number of hydrogen-bond acceptors (Lipinski definition) is 5. The molecule has 0 aliphatic heterocycles. The number of aliphatic hydroxyl groups excluding tert-OH is 2. The first-order chi connectivity index (χ1) is 5.11. The lowest BCUT2D eigenvalue weighted by atomic mass is 10.3. The average molecular weight is 166 g/mol. The van der Waals surface area contributed by atoms with Crippen LogP contribution in [0.1, 0.15) is 13.8 Å². The van der Waals surface area contributed by atoms with Crippen molar-refractivity contribution in [2.24, 2.45) is 0 Å². The summed E-state index contributed by atoms with van der Waals surface area (Å²) in [4.78, 5) is 3.74. The standard InChI is InChI=1S/C6H14O5/c1-4(8)5(2)10-6(3-7)11-9/h4-9H,3H2,1-2H3. The van der Waals surface area contributed by atoms with Crippen molar-refractivity contribution in [1.82, 2.24) is 0 Å². The third-order valence-electron chi connectivity index (χ3n) is 1.31. The second-order valence-electron chi connectivity index (χ2n) is 2.30. The van der Waals surface area contributed by atoms with Crippen LogP contribution in [0.3, 0.4) is 0 Å². The van der Waals surface area contributed by atoms with Crippen molar-refractivity contribution in [1.29, 1.82) is 0 Å². The second kappa shape index (κ2) is 5.45. The lowest BCUT2D eigenvalue weighted by Crippen LogP contribution is -2.31. The topological polar surface area (TPSA) is 79.2 Å². The molecule has 5 nitrogen and oxygen atoms in total. The van der Waals surface area contributed by atoms with Crippen LogP contribution < -0.4 is 0 Å². The van der Waals surface area contributed by atoms with Gasteiger partial charge in [-0.05, 0) is 13.8 Å². The van der Waals surface area contributed by atoms with Gasteiger partial charge >= 0.3 is 0 Å². The molecule has 0 heterocycles. The summed E-state index contributed by atoms with van der Waals surface area (Å²) in [5.41, 5.74) is 0. The van der Waals surface area contributed by atoms with Crippen LogP contribution in [0.5, 0.6) is 0 Å². The molecule has 3 atom stereocenters. The minimum absolute atomic E-state index is 0.451. The van der Waals surface area contributed by atoms with E-state index in [4.69, 9.17) is 20.2 Å². The molecule has 0 radical (unpaired) electrons. The maximum absolute atomic E-state index is 8.92. The third-order valence-corrected chi connectivity index (χ3v) is 1.31. The van der Waals surface area contributed by atoms with Crippen molar-refractivity contribution < 1.29 is 25.1 Å². The van der Waals surface area contributed by atoms with Crippen LogP contribution in [0.4, 0.5) is 0 Å². The number of rotatable bonds is 5. The van der Waals surface area contributed by atoms with E-state index < -0.39 is 25.1 Å². The molecule has 3 N–H and O–H groups in total. The highest BCUT2D eigenvalue weighted by Crippen LogP contribution is 2.02. The second-order valence-corrected chi connectivity index (χ2v) is 2.30. The molecule has 68 valence electrons. The van der Waals surface area contributed by atoms with Gasteiger partial charge in [0.25, 0.3) is 0 Å². The van der Waals surface area contributed by atoms with E-state index in [2.05, 4.69) is 4.89 Å². The monoisotopic (exact) mass is 166 g/mol. The van der Waals surface area contributed by atoms with Crippen LogP contribution in [0.15, 0.2) is 0 Å². The van der Waals surface area contributed by atoms with Crippen LogP contribution in [0, 0.1) is 0 Å². The normalized spacial score (nSPS) is 19.4. The Kier molecular flexibility index (Phi) is 5.35. The van der Waals surface area contributed by atoms with Gasteiger partial charge < -0.3 is 14.9 Å². The van der Waals surface area contributed by atoms with E-state index in [0.29, 0.717) is 0 Å². The van der Waals surface area contributed by atoms with Gasteiger partial charge in [0.15, 0.2) is 0 Å². The molecule has 0 saturated carbocycles. The van der Waals surface area contributed by atoms with Gasteiger partial charge in [0.05, 0.1) is 18.8 Å². The minimum atomic E-state index is -1.08. The SMILES string of the molecule is CC(O)C(C)OC(CO)OO. The minimum Gasteiger partial charge on any atom is -0.391 e. The molecule has 0 amide bonds. The summed E-state index contributed by atoms with van der Waals surface area (Å²) in [6.45, 7) is 2.69. The maximum atomic E-state index is 8.92. The van der Waals surface area contributed by atoms with E-state index >= 15 is 0 Å². The van der Waals surface area contributed by atoms with Gasteiger partial charge in [-0.2, -0.15) is 0 Å².